The second-order valence-corrected chi connectivity index (χ2v) is 4.07. The number of nitrogens with one attached hydrogen (secondary N) is 1. The predicted octanol–water partition coefficient (Wildman–Crippen LogP) is 4.15. The van der Waals surface area contributed by atoms with Crippen molar-refractivity contribution in [1.82, 2.24) is 0 Å². The van der Waals surface area contributed by atoms with Crippen LogP contribution in [-0.4, -0.2) is 4.92 Å². The molecule has 0 bridgehead atoms. The highest BCUT2D eigenvalue weighted by Crippen LogP contribution is 2.21. The van der Waals surface area contributed by atoms with Gasteiger partial charge in [-0.15, -0.1) is 5.11 Å². The Labute approximate surface area is 114 Å². The van der Waals surface area contributed by atoms with Gasteiger partial charge in [0.05, 0.1) is 22.4 Å². The van der Waals surface area contributed by atoms with Gasteiger partial charge in [-0.3, -0.25) is 15.5 Å². The number of anilines is 1. The van der Waals surface area contributed by atoms with Gasteiger partial charge in [-0.05, 0) is 30.7 Å². The normalized spacial score (nSPS) is 10.7. The van der Waals surface area contributed by atoms with Gasteiger partial charge in [0.1, 0.15) is 0 Å². The van der Waals surface area contributed by atoms with E-state index < -0.39 is 10.7 Å². The first-order chi connectivity index (χ1) is 9.56. The molecule has 0 radical (unpaired) electrons. The fraction of sp³-hybridized carbons (Fsp3) is 0.0769. The molecule has 2 rings (SSSR count). The first-order valence-corrected chi connectivity index (χ1v) is 5.73. The zero-order chi connectivity index (χ0) is 14.5. The summed E-state index contributed by atoms with van der Waals surface area (Å²) in [6.45, 7) is 1.92. The third kappa shape index (κ3) is 3.35. The minimum absolute atomic E-state index is 0.0204. The summed E-state index contributed by atoms with van der Waals surface area (Å²) in [7, 11) is 0. The number of nitro groups is 1. The van der Waals surface area contributed by atoms with Gasteiger partial charge in [-0.25, -0.2) is 4.39 Å². The second-order valence-electron chi connectivity index (χ2n) is 4.07. The topological polar surface area (TPSA) is 79.9 Å². The van der Waals surface area contributed by atoms with Crippen LogP contribution in [0.25, 0.3) is 0 Å². The molecule has 0 saturated carbocycles. The fourth-order valence-corrected chi connectivity index (χ4v) is 1.54. The number of aryl methyl sites for hydroxylation is 1. The summed E-state index contributed by atoms with van der Waals surface area (Å²) < 4.78 is 13.5. The number of hydrogen-bond acceptors (Lipinski definition) is 4. The van der Waals surface area contributed by atoms with Crippen molar-refractivity contribution in [1.29, 1.82) is 0 Å². The van der Waals surface area contributed by atoms with Crippen LogP contribution in [0.5, 0.6) is 0 Å². The highest BCUT2D eigenvalue weighted by atomic mass is 19.1. The summed E-state index contributed by atoms with van der Waals surface area (Å²) in [6.07, 6.45) is 0. The highest BCUT2D eigenvalue weighted by molar-refractivity contribution is 5.49. The van der Waals surface area contributed by atoms with Gasteiger partial charge < -0.3 is 0 Å². The monoisotopic (exact) mass is 274 g/mol. The van der Waals surface area contributed by atoms with Crippen LogP contribution in [0.4, 0.5) is 21.5 Å². The maximum atomic E-state index is 13.5. The molecule has 0 aliphatic rings. The van der Waals surface area contributed by atoms with Crippen molar-refractivity contribution in [3.63, 3.8) is 0 Å². The molecule has 7 heteroatoms. The summed E-state index contributed by atoms with van der Waals surface area (Å²) in [5, 5.41) is 18.0. The lowest BCUT2D eigenvalue weighted by molar-refractivity contribution is -0.385. The fourth-order valence-electron chi connectivity index (χ4n) is 1.54. The number of halogens is 1. The number of nitro benzene ring substituents is 1. The first kappa shape index (κ1) is 13.6. The molecular weight excluding hydrogens is 263 g/mol. The Balaban J connectivity index is 2.09. The molecule has 2 aromatic carbocycles. The van der Waals surface area contributed by atoms with Crippen LogP contribution in [0.3, 0.4) is 0 Å². The summed E-state index contributed by atoms with van der Waals surface area (Å²) >= 11 is 0. The molecular formula is C13H11FN4O2. The molecule has 0 heterocycles. The van der Waals surface area contributed by atoms with Gasteiger partial charge >= 0.3 is 0 Å². The number of hydrogen-bond donors (Lipinski definition) is 1. The maximum absolute atomic E-state index is 13.5. The molecule has 0 amide bonds. The highest BCUT2D eigenvalue weighted by Gasteiger charge is 2.09. The van der Waals surface area contributed by atoms with Crippen molar-refractivity contribution >= 4 is 17.1 Å². The Bertz CT molecular complexity index is 673. The van der Waals surface area contributed by atoms with Crippen LogP contribution in [0.15, 0.2) is 52.8 Å². The quantitative estimate of drug-likeness (QED) is 0.516. The Morgan fingerprint density at radius 1 is 1.25 bits per heavy atom. The molecule has 102 valence electrons. The SMILES string of the molecule is Cc1cccc(/N=N/Nc2ccc([N+](=O)[O-])cc2F)c1. The lowest BCUT2D eigenvalue weighted by Crippen LogP contribution is -1.94. The number of rotatable bonds is 4. The second kappa shape index (κ2) is 5.87. The molecule has 0 aliphatic heterocycles. The predicted molar refractivity (Wildman–Crippen MR) is 72.4 cm³/mol. The van der Waals surface area contributed by atoms with Gasteiger partial charge in [-0.1, -0.05) is 17.4 Å². The van der Waals surface area contributed by atoms with Gasteiger partial charge in [0, 0.05) is 6.07 Å². The minimum Gasteiger partial charge on any atom is -0.258 e. The van der Waals surface area contributed by atoms with E-state index in [0.717, 1.165) is 11.6 Å². The van der Waals surface area contributed by atoms with E-state index in [-0.39, 0.29) is 11.4 Å². The molecule has 0 atom stereocenters. The van der Waals surface area contributed by atoms with E-state index in [4.69, 9.17) is 0 Å². The van der Waals surface area contributed by atoms with E-state index in [2.05, 4.69) is 15.8 Å². The van der Waals surface area contributed by atoms with Crippen molar-refractivity contribution in [2.45, 2.75) is 6.92 Å². The molecule has 0 saturated heterocycles. The standard InChI is InChI=1S/C13H11FN4O2/c1-9-3-2-4-10(7-9)15-17-16-13-6-5-11(18(19)20)8-12(13)14/h2-8H,1H3,(H,15,16). The van der Waals surface area contributed by atoms with Crippen molar-refractivity contribution in [3.05, 3.63) is 64.0 Å². The van der Waals surface area contributed by atoms with Crippen molar-refractivity contribution in [3.8, 4) is 0 Å². The molecule has 0 aromatic heterocycles. The third-order valence-electron chi connectivity index (χ3n) is 2.50. The lowest BCUT2D eigenvalue weighted by Gasteiger charge is -2.00. The summed E-state index contributed by atoms with van der Waals surface area (Å²) in [5.41, 5.74) is 3.77. The smallest absolute Gasteiger partial charge is 0.258 e. The zero-order valence-electron chi connectivity index (χ0n) is 10.6. The van der Waals surface area contributed by atoms with Crippen molar-refractivity contribution in [2.75, 3.05) is 5.43 Å². The maximum Gasteiger partial charge on any atom is 0.272 e. The van der Waals surface area contributed by atoms with Crippen LogP contribution in [0, 0.1) is 22.9 Å². The number of non-ortho nitro benzene ring substituents is 1. The van der Waals surface area contributed by atoms with E-state index >= 15 is 0 Å². The molecule has 6 nitrogen and oxygen atoms in total. The molecule has 0 aliphatic carbocycles. The van der Waals surface area contributed by atoms with Crippen LogP contribution in [-0.2, 0) is 0 Å². The molecule has 20 heavy (non-hydrogen) atoms. The van der Waals surface area contributed by atoms with Crippen LogP contribution >= 0.6 is 0 Å². The Morgan fingerprint density at radius 3 is 2.70 bits per heavy atom. The minimum atomic E-state index is -0.762. The molecule has 0 spiro atoms. The Hall–Kier alpha value is -2.83. The average Bonchev–Trinajstić information content (AvgIpc) is 2.40. The van der Waals surface area contributed by atoms with E-state index in [0.29, 0.717) is 5.69 Å². The Kier molecular flexibility index (Phi) is 3.99. The van der Waals surface area contributed by atoms with Gasteiger partial charge in [0.15, 0.2) is 5.82 Å². The van der Waals surface area contributed by atoms with Gasteiger partial charge in [0.2, 0.25) is 0 Å². The summed E-state index contributed by atoms with van der Waals surface area (Å²) in [5.74, 6) is -0.762. The van der Waals surface area contributed by atoms with E-state index in [1.54, 1.807) is 6.07 Å². The Morgan fingerprint density at radius 2 is 2.05 bits per heavy atom. The van der Waals surface area contributed by atoms with Crippen LogP contribution < -0.4 is 5.43 Å². The van der Waals surface area contributed by atoms with Gasteiger partial charge in [-0.2, -0.15) is 0 Å². The van der Waals surface area contributed by atoms with Crippen molar-refractivity contribution < 1.29 is 9.31 Å². The molecule has 0 fully saturated rings. The largest absolute Gasteiger partial charge is 0.272 e. The van der Waals surface area contributed by atoms with Crippen LogP contribution in [0.2, 0.25) is 0 Å². The van der Waals surface area contributed by atoms with E-state index in [9.17, 15) is 14.5 Å². The number of benzene rings is 2. The summed E-state index contributed by atoms with van der Waals surface area (Å²) in [4.78, 5) is 9.81. The van der Waals surface area contributed by atoms with Crippen molar-refractivity contribution in [2.24, 2.45) is 10.3 Å². The average molecular weight is 274 g/mol. The molecule has 2 aromatic rings. The van der Waals surface area contributed by atoms with Gasteiger partial charge in [0.25, 0.3) is 5.69 Å². The molecule has 0 unspecified atom stereocenters. The summed E-state index contributed by atoms with van der Waals surface area (Å²) in [6, 6.07) is 10.6. The zero-order valence-corrected chi connectivity index (χ0v) is 10.6. The third-order valence-corrected chi connectivity index (χ3v) is 2.50. The molecule has 1 N–H and O–H groups in total. The first-order valence-electron chi connectivity index (χ1n) is 5.73. The van der Waals surface area contributed by atoms with Crippen LogP contribution in [0.1, 0.15) is 5.56 Å². The van der Waals surface area contributed by atoms with E-state index in [1.807, 2.05) is 25.1 Å². The van der Waals surface area contributed by atoms with E-state index in [1.165, 1.54) is 12.1 Å². The lowest BCUT2D eigenvalue weighted by atomic mass is 10.2. The number of nitrogens with zero attached hydrogens (tertiary/aromatic N) is 3.